The van der Waals surface area contributed by atoms with Crippen molar-refractivity contribution in [3.8, 4) is 0 Å². The van der Waals surface area contributed by atoms with Crippen LogP contribution in [0.3, 0.4) is 0 Å². The zero-order chi connectivity index (χ0) is 15.1. The van der Waals surface area contributed by atoms with Crippen molar-refractivity contribution in [2.45, 2.75) is 26.2 Å². The second-order valence-corrected chi connectivity index (χ2v) is 6.99. The van der Waals surface area contributed by atoms with Crippen molar-refractivity contribution in [1.29, 1.82) is 0 Å². The monoisotopic (exact) mass is 344 g/mol. The third kappa shape index (κ3) is 5.65. The molecule has 0 aromatic carbocycles. The summed E-state index contributed by atoms with van der Waals surface area (Å²) in [6, 6.07) is 3.96. The Labute approximate surface area is 137 Å². The van der Waals surface area contributed by atoms with Gasteiger partial charge < -0.3 is 10.1 Å². The van der Waals surface area contributed by atoms with E-state index < -0.39 is 0 Å². The van der Waals surface area contributed by atoms with Crippen molar-refractivity contribution in [3.63, 3.8) is 0 Å². The Morgan fingerprint density at radius 3 is 3.00 bits per heavy atom. The van der Waals surface area contributed by atoms with E-state index in [4.69, 9.17) is 16.3 Å². The van der Waals surface area contributed by atoms with E-state index in [-0.39, 0.29) is 5.97 Å². The number of carbonyl (C=O) groups is 1. The SMILES string of the molecule is CCOC(=O)CCc1csc(NCCc2ccc(Cl)s2)n1. The fourth-order valence-electron chi connectivity index (χ4n) is 1.75. The Morgan fingerprint density at radius 1 is 1.43 bits per heavy atom. The number of rotatable bonds is 8. The first-order valence-corrected chi connectivity index (χ1v) is 8.83. The lowest BCUT2D eigenvalue weighted by molar-refractivity contribution is -0.143. The summed E-state index contributed by atoms with van der Waals surface area (Å²) < 4.78 is 5.72. The van der Waals surface area contributed by atoms with Gasteiger partial charge in [-0.1, -0.05) is 11.6 Å². The summed E-state index contributed by atoms with van der Waals surface area (Å²) in [7, 11) is 0. The Balaban J connectivity index is 1.71. The van der Waals surface area contributed by atoms with E-state index >= 15 is 0 Å². The molecule has 2 aromatic heterocycles. The van der Waals surface area contributed by atoms with Crippen LogP contribution in [0.25, 0.3) is 0 Å². The van der Waals surface area contributed by atoms with Gasteiger partial charge in [0.25, 0.3) is 0 Å². The maximum absolute atomic E-state index is 11.3. The number of aromatic nitrogens is 1. The topological polar surface area (TPSA) is 51.2 Å². The lowest BCUT2D eigenvalue weighted by atomic mass is 10.2. The molecule has 21 heavy (non-hydrogen) atoms. The van der Waals surface area contributed by atoms with Gasteiger partial charge in [-0.15, -0.1) is 22.7 Å². The Hall–Kier alpha value is -1.11. The number of thiophene rings is 1. The molecule has 0 spiro atoms. The summed E-state index contributed by atoms with van der Waals surface area (Å²) in [5.74, 6) is -0.172. The van der Waals surface area contributed by atoms with Crippen LogP contribution < -0.4 is 5.32 Å². The molecule has 114 valence electrons. The second kappa shape index (κ2) is 8.36. The van der Waals surface area contributed by atoms with E-state index in [2.05, 4.69) is 10.3 Å². The van der Waals surface area contributed by atoms with E-state index in [9.17, 15) is 4.79 Å². The number of nitrogens with one attached hydrogen (secondary N) is 1. The number of halogens is 1. The zero-order valence-electron chi connectivity index (χ0n) is 11.7. The summed E-state index contributed by atoms with van der Waals surface area (Å²) >= 11 is 9.05. The lowest BCUT2D eigenvalue weighted by Crippen LogP contribution is -2.06. The molecule has 2 heterocycles. The molecule has 0 aliphatic rings. The molecular weight excluding hydrogens is 328 g/mol. The van der Waals surface area contributed by atoms with Gasteiger partial charge in [-0.2, -0.15) is 0 Å². The van der Waals surface area contributed by atoms with Crippen molar-refractivity contribution in [3.05, 3.63) is 32.4 Å². The molecule has 0 bridgehead atoms. The summed E-state index contributed by atoms with van der Waals surface area (Å²) in [4.78, 5) is 17.0. The molecule has 0 unspecified atom stereocenters. The maximum atomic E-state index is 11.3. The van der Waals surface area contributed by atoms with Crippen LogP contribution in [0.5, 0.6) is 0 Å². The normalized spacial score (nSPS) is 10.6. The predicted molar refractivity (Wildman–Crippen MR) is 88.6 cm³/mol. The molecule has 0 aliphatic carbocycles. The van der Waals surface area contributed by atoms with Gasteiger partial charge in [-0.25, -0.2) is 4.98 Å². The molecule has 1 N–H and O–H groups in total. The number of carbonyl (C=O) groups excluding carboxylic acids is 1. The quantitative estimate of drug-likeness (QED) is 0.735. The van der Waals surface area contributed by atoms with Crippen molar-refractivity contribution in [2.24, 2.45) is 0 Å². The fraction of sp³-hybridized carbons (Fsp3) is 0.429. The van der Waals surface area contributed by atoms with Crippen LogP contribution in [0.2, 0.25) is 4.34 Å². The van der Waals surface area contributed by atoms with E-state index in [0.717, 1.165) is 28.1 Å². The van der Waals surface area contributed by atoms with Crippen LogP contribution >= 0.6 is 34.3 Å². The molecule has 0 aliphatic heterocycles. The van der Waals surface area contributed by atoms with E-state index in [0.29, 0.717) is 19.4 Å². The van der Waals surface area contributed by atoms with Crippen molar-refractivity contribution in [2.75, 3.05) is 18.5 Å². The van der Waals surface area contributed by atoms with Crippen molar-refractivity contribution >= 4 is 45.4 Å². The number of hydrogen-bond donors (Lipinski definition) is 1. The molecule has 0 fully saturated rings. The number of nitrogens with zero attached hydrogens (tertiary/aromatic N) is 1. The van der Waals surface area contributed by atoms with Gasteiger partial charge in [0.05, 0.1) is 23.1 Å². The number of aryl methyl sites for hydroxylation is 1. The predicted octanol–water partition coefficient (Wildman–Crippen LogP) is 4.01. The first kappa shape index (κ1) is 16.3. The highest BCUT2D eigenvalue weighted by molar-refractivity contribution is 7.16. The second-order valence-electron chi connectivity index (χ2n) is 4.33. The molecule has 0 amide bonds. The highest BCUT2D eigenvalue weighted by Crippen LogP contribution is 2.22. The molecule has 0 saturated carbocycles. The summed E-state index contributed by atoms with van der Waals surface area (Å²) in [5.41, 5.74) is 0.926. The van der Waals surface area contributed by atoms with Gasteiger partial charge in [-0.3, -0.25) is 4.79 Å². The minimum Gasteiger partial charge on any atom is -0.466 e. The lowest BCUT2D eigenvalue weighted by Gasteiger charge is -2.01. The smallest absolute Gasteiger partial charge is 0.306 e. The third-order valence-corrected chi connectivity index (χ3v) is 4.86. The van der Waals surface area contributed by atoms with E-state index in [1.165, 1.54) is 4.88 Å². The molecule has 2 rings (SSSR count). The molecule has 0 atom stereocenters. The molecular formula is C14H17ClN2O2S2. The van der Waals surface area contributed by atoms with Crippen molar-refractivity contribution in [1.82, 2.24) is 4.98 Å². The highest BCUT2D eigenvalue weighted by Gasteiger charge is 2.06. The number of thiazole rings is 1. The Bertz CT molecular complexity index is 583. The maximum Gasteiger partial charge on any atom is 0.306 e. The number of esters is 1. The first-order valence-electron chi connectivity index (χ1n) is 6.75. The van der Waals surface area contributed by atoms with Crippen LogP contribution in [-0.2, 0) is 22.4 Å². The van der Waals surface area contributed by atoms with Gasteiger partial charge in [0.1, 0.15) is 0 Å². The van der Waals surface area contributed by atoms with E-state index in [1.807, 2.05) is 24.4 Å². The van der Waals surface area contributed by atoms with Gasteiger partial charge in [-0.05, 0) is 25.5 Å². The summed E-state index contributed by atoms with van der Waals surface area (Å²) in [5, 5.41) is 6.15. The van der Waals surface area contributed by atoms with Crippen LogP contribution in [0.4, 0.5) is 5.13 Å². The van der Waals surface area contributed by atoms with Crippen LogP contribution in [0.1, 0.15) is 23.9 Å². The van der Waals surface area contributed by atoms with Crippen LogP contribution in [0, 0.1) is 0 Å². The summed E-state index contributed by atoms with van der Waals surface area (Å²) in [6.45, 7) is 3.06. The zero-order valence-corrected chi connectivity index (χ0v) is 14.1. The molecule has 0 radical (unpaired) electrons. The average molecular weight is 345 g/mol. The van der Waals surface area contributed by atoms with Crippen molar-refractivity contribution < 1.29 is 9.53 Å². The Kier molecular flexibility index (Phi) is 6.48. The van der Waals surface area contributed by atoms with Crippen LogP contribution in [0.15, 0.2) is 17.5 Å². The summed E-state index contributed by atoms with van der Waals surface area (Å²) in [6.07, 6.45) is 1.93. The first-order chi connectivity index (χ1) is 10.2. The van der Waals surface area contributed by atoms with E-state index in [1.54, 1.807) is 22.7 Å². The minimum absolute atomic E-state index is 0.172. The molecule has 4 nitrogen and oxygen atoms in total. The fourth-order valence-corrected chi connectivity index (χ4v) is 3.61. The minimum atomic E-state index is -0.172. The number of ether oxygens (including phenoxy) is 1. The van der Waals surface area contributed by atoms with Gasteiger partial charge in [0.15, 0.2) is 5.13 Å². The van der Waals surface area contributed by atoms with Gasteiger partial charge in [0.2, 0.25) is 0 Å². The highest BCUT2D eigenvalue weighted by atomic mass is 35.5. The number of anilines is 1. The molecule has 7 heteroatoms. The molecule has 0 saturated heterocycles. The van der Waals surface area contributed by atoms with Gasteiger partial charge >= 0.3 is 5.97 Å². The van der Waals surface area contributed by atoms with Gasteiger partial charge in [0, 0.05) is 23.2 Å². The Morgan fingerprint density at radius 2 is 2.29 bits per heavy atom. The standard InChI is InChI=1S/C14H17ClN2O2S2/c1-2-19-13(18)6-3-10-9-20-14(17-10)16-8-7-11-4-5-12(15)21-11/h4-5,9H,2-3,6-8H2,1H3,(H,16,17). The average Bonchev–Trinajstić information content (AvgIpc) is 3.06. The molecule has 2 aromatic rings. The number of hydrogen-bond acceptors (Lipinski definition) is 6. The van der Waals surface area contributed by atoms with Crippen LogP contribution in [-0.4, -0.2) is 24.1 Å². The third-order valence-electron chi connectivity index (χ3n) is 2.72. The largest absolute Gasteiger partial charge is 0.466 e.